The smallest absolute Gasteiger partial charge is 0.164 e. The van der Waals surface area contributed by atoms with Gasteiger partial charge in [-0.15, -0.1) is 0 Å². The van der Waals surface area contributed by atoms with Crippen molar-refractivity contribution >= 4 is 0 Å². The Morgan fingerprint density at radius 1 is 0.500 bits per heavy atom. The molecule has 0 aromatic carbocycles. The maximum absolute atomic E-state index is 11.0. The van der Waals surface area contributed by atoms with Crippen molar-refractivity contribution in [2.24, 2.45) is 0 Å². The highest BCUT2D eigenvalue weighted by Crippen LogP contribution is 2.42. The van der Waals surface area contributed by atoms with Crippen molar-refractivity contribution in [3.05, 3.63) is 0 Å². The molecule has 2 heterocycles. The summed E-state index contributed by atoms with van der Waals surface area (Å²) in [5, 5.41) is 64.7. The molecule has 6 N–H and O–H groups in total. The van der Waals surface area contributed by atoms with Gasteiger partial charge >= 0.3 is 0 Å². The molecule has 2 aliphatic heterocycles. The van der Waals surface area contributed by atoms with Gasteiger partial charge in [-0.1, -0.05) is 0 Å². The van der Waals surface area contributed by atoms with Crippen LogP contribution in [0.25, 0.3) is 0 Å². The SMILES string of the molecule is CN([C@H]1[C@H](O)[C@H](O)[C@H]2OC(C)(C)O[C@H]2[C@@H]1O)[C@H]1[C@H](O)[C@H](O)[C@H]2OC(C)(C)O[C@H]2[C@@H]1O. The summed E-state index contributed by atoms with van der Waals surface area (Å²) in [6, 6.07) is -2.24. The van der Waals surface area contributed by atoms with Crippen molar-refractivity contribution in [3.8, 4) is 0 Å². The van der Waals surface area contributed by atoms with Gasteiger partial charge in [-0.3, -0.25) is 4.90 Å². The maximum atomic E-state index is 11.0. The largest absolute Gasteiger partial charge is 0.389 e. The standard InChI is InChI=1S/C19H33NO10/c1-18(2)27-14-10(23)6(8(21)12(25)16(14)29-18)20(5)7-9(22)13(26)17-15(11(7)24)28-19(3,4)30-17/h6-17,21-26H,1-5H3/t6-,7-,8-,9-,10+,11+,12-,13-,14-,15-,16+,17+/m0/s1. The molecule has 0 amide bonds. The van der Waals surface area contributed by atoms with Gasteiger partial charge in [0.25, 0.3) is 0 Å². The van der Waals surface area contributed by atoms with Crippen LogP contribution in [0.15, 0.2) is 0 Å². The summed E-state index contributed by atoms with van der Waals surface area (Å²) in [6.45, 7) is 6.56. The van der Waals surface area contributed by atoms with Crippen LogP contribution in [0.2, 0.25) is 0 Å². The Labute approximate surface area is 174 Å². The number of aliphatic hydroxyl groups excluding tert-OH is 6. The number of fused-ring (bicyclic) bond motifs is 2. The molecule has 4 rings (SSSR count). The molecule has 0 aromatic rings. The zero-order valence-corrected chi connectivity index (χ0v) is 17.7. The second kappa shape index (κ2) is 7.29. The molecule has 2 saturated heterocycles. The Hall–Kier alpha value is -0.440. The monoisotopic (exact) mass is 435 g/mol. The highest BCUT2D eigenvalue weighted by molar-refractivity contribution is 5.12. The zero-order valence-electron chi connectivity index (χ0n) is 17.7. The Kier molecular flexibility index (Phi) is 5.52. The van der Waals surface area contributed by atoms with Crippen LogP contribution in [0.3, 0.4) is 0 Å². The fourth-order valence-electron chi connectivity index (χ4n) is 5.44. The lowest BCUT2D eigenvalue weighted by Crippen LogP contribution is -2.73. The summed E-state index contributed by atoms with van der Waals surface area (Å²) in [4.78, 5) is 1.37. The molecular weight excluding hydrogens is 402 g/mol. The van der Waals surface area contributed by atoms with E-state index in [2.05, 4.69) is 0 Å². The Bertz CT molecular complexity index is 607. The van der Waals surface area contributed by atoms with Gasteiger partial charge in [0, 0.05) is 0 Å². The first-order valence-electron chi connectivity index (χ1n) is 10.3. The number of hydrogen-bond acceptors (Lipinski definition) is 11. The highest BCUT2D eigenvalue weighted by atomic mass is 16.8. The third-order valence-electron chi connectivity index (χ3n) is 6.71. The molecule has 4 aliphatic rings. The number of nitrogens with zero attached hydrogens (tertiary/aromatic N) is 1. The minimum absolute atomic E-state index is 0.925. The lowest BCUT2D eigenvalue weighted by Gasteiger charge is -2.51. The van der Waals surface area contributed by atoms with E-state index in [1.165, 1.54) is 11.9 Å². The molecule has 0 radical (unpaired) electrons. The lowest BCUT2D eigenvalue weighted by atomic mass is 9.78. The summed E-state index contributed by atoms with van der Waals surface area (Å²) in [5.74, 6) is -2.11. The van der Waals surface area contributed by atoms with Gasteiger partial charge < -0.3 is 49.6 Å². The quantitative estimate of drug-likeness (QED) is 0.260. The van der Waals surface area contributed by atoms with Crippen molar-refractivity contribution in [3.63, 3.8) is 0 Å². The number of ether oxygens (including phenoxy) is 4. The molecular formula is C19H33NO10. The van der Waals surface area contributed by atoms with Crippen LogP contribution in [0.4, 0.5) is 0 Å². The average molecular weight is 435 g/mol. The van der Waals surface area contributed by atoms with Crippen LogP contribution in [0.5, 0.6) is 0 Å². The number of likely N-dealkylation sites (N-methyl/N-ethyl adjacent to an activating group) is 1. The minimum Gasteiger partial charge on any atom is -0.389 e. The normalized spacial score (nSPS) is 54.8. The molecule has 11 nitrogen and oxygen atoms in total. The summed E-state index contributed by atoms with van der Waals surface area (Å²) < 4.78 is 22.7. The van der Waals surface area contributed by atoms with E-state index in [1.807, 2.05) is 0 Å². The summed E-state index contributed by atoms with van der Waals surface area (Å²) in [5.41, 5.74) is 0. The third-order valence-corrected chi connectivity index (χ3v) is 6.71. The van der Waals surface area contributed by atoms with E-state index in [4.69, 9.17) is 18.9 Å². The summed E-state index contributed by atoms with van der Waals surface area (Å²) in [7, 11) is 1.48. The molecule has 30 heavy (non-hydrogen) atoms. The van der Waals surface area contributed by atoms with Crippen LogP contribution in [0.1, 0.15) is 27.7 Å². The van der Waals surface area contributed by atoms with Crippen LogP contribution < -0.4 is 0 Å². The Morgan fingerprint density at radius 2 is 0.767 bits per heavy atom. The Morgan fingerprint density at radius 3 is 1.07 bits per heavy atom. The molecule has 2 aliphatic carbocycles. The van der Waals surface area contributed by atoms with E-state index in [-0.39, 0.29) is 0 Å². The second-order valence-corrected chi connectivity index (χ2v) is 9.72. The Balaban J connectivity index is 1.61. The summed E-state index contributed by atoms with van der Waals surface area (Å²) in [6.07, 6.45) is -12.0. The van der Waals surface area contributed by atoms with E-state index < -0.39 is 84.7 Å². The van der Waals surface area contributed by atoms with Crippen molar-refractivity contribution in [2.45, 2.75) is 112 Å². The molecule has 11 heteroatoms. The molecule has 174 valence electrons. The lowest BCUT2D eigenvalue weighted by molar-refractivity contribution is -0.215. The molecule has 0 spiro atoms. The van der Waals surface area contributed by atoms with Crippen molar-refractivity contribution in [1.29, 1.82) is 0 Å². The van der Waals surface area contributed by atoms with Gasteiger partial charge in [0.1, 0.15) is 61.0 Å². The number of aliphatic hydroxyl groups is 6. The maximum Gasteiger partial charge on any atom is 0.164 e. The van der Waals surface area contributed by atoms with Crippen LogP contribution in [-0.4, -0.2) is 127 Å². The molecule has 0 bridgehead atoms. The number of hydrogen-bond donors (Lipinski definition) is 6. The predicted octanol–water partition coefficient (Wildman–Crippen LogP) is -3.11. The average Bonchev–Trinajstić information content (AvgIpc) is 3.14. The molecule has 0 aromatic heterocycles. The van der Waals surface area contributed by atoms with E-state index >= 15 is 0 Å². The third kappa shape index (κ3) is 3.41. The van der Waals surface area contributed by atoms with E-state index in [0.29, 0.717) is 0 Å². The molecule has 4 fully saturated rings. The molecule has 0 unspecified atom stereocenters. The van der Waals surface area contributed by atoms with E-state index in [9.17, 15) is 30.6 Å². The number of rotatable bonds is 2. The first-order valence-corrected chi connectivity index (χ1v) is 10.3. The van der Waals surface area contributed by atoms with E-state index in [1.54, 1.807) is 27.7 Å². The first kappa shape index (κ1) is 22.7. The van der Waals surface area contributed by atoms with Gasteiger partial charge in [0.2, 0.25) is 0 Å². The topological polar surface area (TPSA) is 162 Å². The van der Waals surface area contributed by atoms with E-state index in [0.717, 1.165) is 0 Å². The van der Waals surface area contributed by atoms with Crippen LogP contribution >= 0.6 is 0 Å². The summed E-state index contributed by atoms with van der Waals surface area (Å²) >= 11 is 0. The fourth-order valence-corrected chi connectivity index (χ4v) is 5.44. The van der Waals surface area contributed by atoms with Gasteiger partial charge in [-0.05, 0) is 34.7 Å². The van der Waals surface area contributed by atoms with Gasteiger partial charge in [0.05, 0.1) is 12.1 Å². The highest BCUT2D eigenvalue weighted by Gasteiger charge is 2.62. The molecule has 2 saturated carbocycles. The predicted molar refractivity (Wildman–Crippen MR) is 99.0 cm³/mol. The van der Waals surface area contributed by atoms with Crippen LogP contribution in [0, 0.1) is 0 Å². The van der Waals surface area contributed by atoms with Crippen LogP contribution in [-0.2, 0) is 18.9 Å². The van der Waals surface area contributed by atoms with Crippen molar-refractivity contribution in [2.75, 3.05) is 7.05 Å². The van der Waals surface area contributed by atoms with Crippen molar-refractivity contribution in [1.82, 2.24) is 4.90 Å². The molecule has 12 atom stereocenters. The van der Waals surface area contributed by atoms with Gasteiger partial charge in [-0.25, -0.2) is 0 Å². The zero-order chi connectivity index (χ0) is 22.3. The van der Waals surface area contributed by atoms with Gasteiger partial charge in [0.15, 0.2) is 11.6 Å². The minimum atomic E-state index is -1.46. The van der Waals surface area contributed by atoms with Gasteiger partial charge in [-0.2, -0.15) is 0 Å². The first-order chi connectivity index (χ1) is 13.8. The second-order valence-electron chi connectivity index (χ2n) is 9.72. The fraction of sp³-hybridized carbons (Fsp3) is 1.00. The van der Waals surface area contributed by atoms with Crippen molar-refractivity contribution < 1.29 is 49.6 Å².